The van der Waals surface area contributed by atoms with Crippen molar-refractivity contribution in [1.29, 1.82) is 0 Å². The van der Waals surface area contributed by atoms with Crippen molar-refractivity contribution in [3.63, 3.8) is 0 Å². The van der Waals surface area contributed by atoms with Gasteiger partial charge in [0.1, 0.15) is 5.01 Å². The quantitative estimate of drug-likeness (QED) is 0.818. The summed E-state index contributed by atoms with van der Waals surface area (Å²) in [6.45, 7) is 3.62. The molecule has 6 heteroatoms. The molecule has 1 aliphatic rings. The van der Waals surface area contributed by atoms with Crippen molar-refractivity contribution in [2.24, 2.45) is 0 Å². The van der Waals surface area contributed by atoms with Crippen LogP contribution in [0.3, 0.4) is 0 Å². The highest BCUT2D eigenvalue weighted by Crippen LogP contribution is 2.24. The van der Waals surface area contributed by atoms with Crippen molar-refractivity contribution < 1.29 is 14.3 Å². The third kappa shape index (κ3) is 4.41. The van der Waals surface area contributed by atoms with Crippen LogP contribution in [-0.4, -0.2) is 29.0 Å². The van der Waals surface area contributed by atoms with Gasteiger partial charge in [0.25, 0.3) is 5.91 Å². The Labute approximate surface area is 145 Å². The number of nitrogens with zero attached hydrogens (tertiary/aromatic N) is 1. The van der Waals surface area contributed by atoms with E-state index in [1.54, 1.807) is 6.92 Å². The van der Waals surface area contributed by atoms with E-state index in [0.717, 1.165) is 23.4 Å². The molecule has 0 saturated heterocycles. The Balaban J connectivity index is 1.55. The number of aryl methyl sites for hydroxylation is 1. The van der Waals surface area contributed by atoms with Crippen LogP contribution in [0.4, 0.5) is 0 Å². The van der Waals surface area contributed by atoms with Crippen LogP contribution in [0.25, 0.3) is 10.6 Å². The summed E-state index contributed by atoms with van der Waals surface area (Å²) in [5.41, 5.74) is 2.87. The van der Waals surface area contributed by atoms with Crippen LogP contribution >= 0.6 is 11.3 Å². The lowest BCUT2D eigenvalue weighted by atomic mass is 10.1. The number of thiazole rings is 1. The Bertz CT molecular complexity index is 752. The minimum absolute atomic E-state index is 0.0728. The number of rotatable bonds is 6. The Morgan fingerprint density at radius 2 is 2.21 bits per heavy atom. The minimum atomic E-state index is -0.770. The van der Waals surface area contributed by atoms with Crippen LogP contribution < -0.4 is 5.32 Å². The average molecular weight is 344 g/mol. The molecule has 24 heavy (non-hydrogen) atoms. The molecule has 1 amide bonds. The molecule has 1 atom stereocenters. The van der Waals surface area contributed by atoms with Gasteiger partial charge in [-0.05, 0) is 32.8 Å². The summed E-state index contributed by atoms with van der Waals surface area (Å²) < 4.78 is 5.19. The number of carbonyl (C=O) groups is 2. The molecular weight excluding hydrogens is 324 g/mol. The topological polar surface area (TPSA) is 68.3 Å². The first kappa shape index (κ1) is 16.6. The van der Waals surface area contributed by atoms with E-state index in [1.165, 1.54) is 16.9 Å². The molecule has 2 aromatic rings. The largest absolute Gasteiger partial charge is 0.452 e. The fourth-order valence-electron chi connectivity index (χ4n) is 2.29. The molecule has 1 N–H and O–H groups in total. The second-order valence-corrected chi connectivity index (χ2v) is 6.96. The number of ether oxygens (including phenoxy) is 1. The van der Waals surface area contributed by atoms with E-state index in [4.69, 9.17) is 4.74 Å². The lowest BCUT2D eigenvalue weighted by Crippen LogP contribution is -2.37. The van der Waals surface area contributed by atoms with Gasteiger partial charge in [0.15, 0.2) is 6.10 Å². The maximum atomic E-state index is 12.0. The normalized spacial score (nSPS) is 14.9. The standard InChI is InChI=1S/C18H20N2O3S/c1-11-4-3-5-13(8-11)18-20-15(10-24-18)9-16(21)23-12(2)17(22)19-14-6-7-14/h3-5,8,10,12,14H,6-7,9H2,1-2H3,(H,19,22)/t12-/m0/s1. The van der Waals surface area contributed by atoms with Gasteiger partial charge in [-0.25, -0.2) is 4.98 Å². The molecule has 1 aromatic carbocycles. The summed E-state index contributed by atoms with van der Waals surface area (Å²) in [6, 6.07) is 8.33. The summed E-state index contributed by atoms with van der Waals surface area (Å²) in [6.07, 6.45) is 1.32. The molecule has 0 aliphatic heterocycles. The van der Waals surface area contributed by atoms with E-state index in [2.05, 4.69) is 16.4 Å². The molecule has 1 heterocycles. The molecule has 0 bridgehead atoms. The maximum absolute atomic E-state index is 12.0. The molecule has 1 aliphatic carbocycles. The van der Waals surface area contributed by atoms with E-state index in [0.29, 0.717) is 5.69 Å². The average Bonchev–Trinajstić information content (AvgIpc) is 3.23. The fraction of sp³-hybridized carbons (Fsp3) is 0.389. The zero-order valence-electron chi connectivity index (χ0n) is 13.7. The molecule has 1 saturated carbocycles. The summed E-state index contributed by atoms with van der Waals surface area (Å²) in [7, 11) is 0. The van der Waals surface area contributed by atoms with E-state index in [1.807, 2.05) is 30.5 Å². The fourth-order valence-corrected chi connectivity index (χ4v) is 3.10. The maximum Gasteiger partial charge on any atom is 0.312 e. The molecule has 0 unspecified atom stereocenters. The first-order chi connectivity index (χ1) is 11.5. The van der Waals surface area contributed by atoms with Crippen molar-refractivity contribution >= 4 is 23.2 Å². The van der Waals surface area contributed by atoms with E-state index >= 15 is 0 Å². The van der Waals surface area contributed by atoms with Crippen LogP contribution in [0.5, 0.6) is 0 Å². The van der Waals surface area contributed by atoms with Gasteiger partial charge in [-0.2, -0.15) is 0 Å². The second kappa shape index (κ2) is 7.13. The van der Waals surface area contributed by atoms with Gasteiger partial charge in [-0.15, -0.1) is 11.3 Å². The van der Waals surface area contributed by atoms with E-state index < -0.39 is 12.1 Å². The third-order valence-corrected chi connectivity index (χ3v) is 4.68. The molecule has 126 valence electrons. The van der Waals surface area contributed by atoms with Gasteiger partial charge in [-0.3, -0.25) is 9.59 Å². The number of aromatic nitrogens is 1. The zero-order valence-corrected chi connectivity index (χ0v) is 14.6. The van der Waals surface area contributed by atoms with Crippen LogP contribution in [0.1, 0.15) is 31.0 Å². The van der Waals surface area contributed by atoms with E-state index in [9.17, 15) is 9.59 Å². The highest BCUT2D eigenvalue weighted by Gasteiger charge is 2.27. The minimum Gasteiger partial charge on any atom is -0.452 e. The lowest BCUT2D eigenvalue weighted by molar-refractivity contribution is -0.154. The number of hydrogen-bond donors (Lipinski definition) is 1. The van der Waals surface area contributed by atoms with Crippen LogP contribution in [0.15, 0.2) is 29.6 Å². The monoisotopic (exact) mass is 344 g/mol. The Kier molecular flexibility index (Phi) is 4.94. The second-order valence-electron chi connectivity index (χ2n) is 6.11. The lowest BCUT2D eigenvalue weighted by Gasteiger charge is -2.12. The van der Waals surface area contributed by atoms with Crippen molar-refractivity contribution in [3.8, 4) is 10.6 Å². The van der Waals surface area contributed by atoms with E-state index in [-0.39, 0.29) is 18.4 Å². The van der Waals surface area contributed by atoms with Gasteiger partial charge in [-0.1, -0.05) is 23.8 Å². The molecule has 1 aromatic heterocycles. The van der Waals surface area contributed by atoms with Crippen LogP contribution in [0, 0.1) is 6.92 Å². The van der Waals surface area contributed by atoms with Gasteiger partial charge in [0, 0.05) is 17.0 Å². The van der Waals surface area contributed by atoms with Gasteiger partial charge in [0.05, 0.1) is 12.1 Å². The number of amides is 1. The van der Waals surface area contributed by atoms with Crippen LogP contribution in [0.2, 0.25) is 0 Å². The SMILES string of the molecule is Cc1cccc(-c2nc(CC(=O)O[C@@H](C)C(=O)NC3CC3)cs2)c1. The molecule has 1 fully saturated rings. The smallest absolute Gasteiger partial charge is 0.312 e. The summed E-state index contributed by atoms with van der Waals surface area (Å²) in [4.78, 5) is 28.3. The predicted octanol–water partition coefficient (Wildman–Crippen LogP) is 2.87. The highest BCUT2D eigenvalue weighted by molar-refractivity contribution is 7.13. The van der Waals surface area contributed by atoms with Crippen LogP contribution in [-0.2, 0) is 20.7 Å². The number of carbonyl (C=O) groups excluding carboxylic acids is 2. The van der Waals surface area contributed by atoms with Crippen molar-refractivity contribution in [2.75, 3.05) is 0 Å². The molecule has 3 rings (SSSR count). The number of esters is 1. The predicted molar refractivity (Wildman–Crippen MR) is 92.7 cm³/mol. The molecule has 0 radical (unpaired) electrons. The van der Waals surface area contributed by atoms with Crippen molar-refractivity contribution in [3.05, 3.63) is 40.9 Å². The molecule has 5 nitrogen and oxygen atoms in total. The highest BCUT2D eigenvalue weighted by atomic mass is 32.1. The number of hydrogen-bond acceptors (Lipinski definition) is 5. The van der Waals surface area contributed by atoms with Crippen molar-refractivity contribution in [1.82, 2.24) is 10.3 Å². The zero-order chi connectivity index (χ0) is 17.1. The summed E-state index contributed by atoms with van der Waals surface area (Å²) in [5.74, 6) is -0.667. The van der Waals surface area contributed by atoms with Gasteiger partial charge in [0.2, 0.25) is 0 Å². The summed E-state index contributed by atoms with van der Waals surface area (Å²) in [5, 5.41) is 5.55. The summed E-state index contributed by atoms with van der Waals surface area (Å²) >= 11 is 1.50. The number of nitrogens with one attached hydrogen (secondary N) is 1. The Hall–Kier alpha value is -2.21. The van der Waals surface area contributed by atoms with Gasteiger partial charge >= 0.3 is 5.97 Å². The first-order valence-electron chi connectivity index (χ1n) is 8.02. The third-order valence-electron chi connectivity index (χ3n) is 3.74. The Morgan fingerprint density at radius 3 is 2.92 bits per heavy atom. The first-order valence-corrected chi connectivity index (χ1v) is 8.90. The Morgan fingerprint density at radius 1 is 1.42 bits per heavy atom. The van der Waals surface area contributed by atoms with Crippen molar-refractivity contribution in [2.45, 2.75) is 45.3 Å². The van der Waals surface area contributed by atoms with Gasteiger partial charge < -0.3 is 10.1 Å². The number of benzene rings is 1. The molecule has 0 spiro atoms. The molecular formula is C18H20N2O3S.